The summed E-state index contributed by atoms with van der Waals surface area (Å²) in [6, 6.07) is 15.9. The number of imide groups is 2. The summed E-state index contributed by atoms with van der Waals surface area (Å²) < 4.78 is 119. The number of carbonyl (C=O) groups excluding carboxylic acids is 6. The predicted octanol–water partition coefficient (Wildman–Crippen LogP) is 19.1. The van der Waals surface area contributed by atoms with E-state index in [9.17, 15) is 54.6 Å². The maximum Gasteiger partial charge on any atom is 0.476 e. The van der Waals surface area contributed by atoms with E-state index in [-0.39, 0.29) is 69.7 Å². The van der Waals surface area contributed by atoms with Crippen LogP contribution in [0.3, 0.4) is 0 Å². The van der Waals surface area contributed by atoms with E-state index in [2.05, 4.69) is 78.9 Å². The Morgan fingerprint density at radius 2 is 0.944 bits per heavy atom. The number of rotatable bonds is 18. The number of halogens is 8. The number of benzene rings is 4. The zero-order chi connectivity index (χ0) is 81.0. The van der Waals surface area contributed by atoms with E-state index in [1.165, 1.54) is 63.9 Å². The summed E-state index contributed by atoms with van der Waals surface area (Å²) in [6.45, 7) is 33.2. The Morgan fingerprint density at radius 3 is 1.24 bits per heavy atom. The molecule has 2 aliphatic heterocycles. The van der Waals surface area contributed by atoms with Gasteiger partial charge in [-0.3, -0.25) is 29.3 Å². The molecule has 10 aliphatic rings. The van der Waals surface area contributed by atoms with Crippen LogP contribution in [-0.4, -0.2) is 152 Å². The third-order valence-electron chi connectivity index (χ3n) is 21.2. The van der Waals surface area contributed by atoms with Crippen molar-refractivity contribution in [2.75, 3.05) is 31.8 Å². The predicted molar refractivity (Wildman–Crippen MR) is 424 cm³/mol. The van der Waals surface area contributed by atoms with Crippen molar-refractivity contribution in [3.63, 3.8) is 0 Å². The number of nitrogens with zero attached hydrogens (tertiary/aromatic N) is 3. The second-order valence-electron chi connectivity index (χ2n) is 32.5. The number of hydrogen-bond donors (Lipinski definition) is 1. The summed E-state index contributed by atoms with van der Waals surface area (Å²) in [7, 11) is -2.96. The van der Waals surface area contributed by atoms with E-state index >= 15 is 8.78 Å². The Balaban J connectivity index is 0.000000316. The van der Waals surface area contributed by atoms with Gasteiger partial charge in [0.1, 0.15) is 7.38 Å². The summed E-state index contributed by atoms with van der Waals surface area (Å²) in [5.41, 5.74) is 4.25. The van der Waals surface area contributed by atoms with Crippen molar-refractivity contribution >= 4 is 142 Å². The third-order valence-corrected chi connectivity index (χ3v) is 22.3. The molecule has 0 aromatic heterocycles. The number of alkyl halides is 5. The lowest BCUT2D eigenvalue weighted by Gasteiger charge is -2.57. The SMILES string of the molecule is C.CC(C)c1cc2c3c(c(C(C)C)ccc3c1)C(=O)N(O)C2=O.CC(C)c1cc2c3c(c(C(C)C)ccc3c1)C(=O)N(OS(=O)(=O)C(F)(F)C(=O)OCCC13CC4CC(CC(C4)C1)C3)C2=O.CCN(C(C)C)C(C)C.C[Si](C)(C)Cl.ClCCl.O=C(CF)OCCC12CC3CC(CC(C3)C1)C2.O=S(=O)(F)F.[B][B][B]. The van der Waals surface area contributed by atoms with Gasteiger partial charge < -0.3 is 9.47 Å². The van der Waals surface area contributed by atoms with Crippen molar-refractivity contribution in [3.05, 3.63) is 93.0 Å². The molecule has 4 aromatic carbocycles. The van der Waals surface area contributed by atoms with Gasteiger partial charge in [0.15, 0.2) is 6.67 Å². The van der Waals surface area contributed by atoms with Crippen LogP contribution in [0.2, 0.25) is 19.6 Å². The Bertz CT molecular complexity index is 3930. The molecule has 8 aliphatic carbocycles. The number of hydroxylamine groups is 4. The highest BCUT2D eigenvalue weighted by Crippen LogP contribution is 2.63. The fourth-order valence-electron chi connectivity index (χ4n) is 17.8. The van der Waals surface area contributed by atoms with Crippen molar-refractivity contribution in [1.29, 1.82) is 0 Å². The third kappa shape index (κ3) is 25.2. The number of hydrogen-bond acceptors (Lipinski definition) is 15. The number of ether oxygens (including phenoxy) is 2. The lowest BCUT2D eigenvalue weighted by atomic mass is 9.40. The molecule has 1 N–H and O–H groups in total. The maximum absolute atomic E-state index is 15.2. The molecule has 14 rings (SSSR count). The first-order valence-electron chi connectivity index (χ1n) is 36.9. The molecule has 4 aromatic rings. The molecule has 5 radical (unpaired) electrons. The van der Waals surface area contributed by atoms with Gasteiger partial charge >= 0.3 is 37.9 Å². The minimum absolute atomic E-state index is 0. The molecule has 0 saturated heterocycles. The van der Waals surface area contributed by atoms with Gasteiger partial charge in [-0.25, -0.2) is 14.0 Å². The summed E-state index contributed by atoms with van der Waals surface area (Å²) >= 11 is 15.2. The van der Waals surface area contributed by atoms with Crippen LogP contribution in [0.25, 0.3) is 21.5 Å². The Morgan fingerprint density at radius 1 is 0.620 bits per heavy atom. The van der Waals surface area contributed by atoms with Crippen molar-refractivity contribution < 1.29 is 85.5 Å². The fourth-order valence-corrected chi connectivity index (χ4v) is 18.4. The monoisotopic (exact) mass is 1630 g/mol. The van der Waals surface area contributed by atoms with E-state index in [1.807, 2.05) is 65.8 Å². The molecule has 2 heterocycles. The molecule has 0 atom stereocenters. The second-order valence-corrected chi connectivity index (χ2v) is 43.1. The molecule has 108 heavy (non-hydrogen) atoms. The number of carbonyl (C=O) groups is 6. The summed E-state index contributed by atoms with van der Waals surface area (Å²) in [5, 5.41) is 7.45. The van der Waals surface area contributed by atoms with Gasteiger partial charge in [0, 0.05) is 45.4 Å². The van der Waals surface area contributed by atoms with Crippen molar-refractivity contribution in [1.82, 2.24) is 15.0 Å². The van der Waals surface area contributed by atoms with Gasteiger partial charge in [-0.2, -0.15) is 36.7 Å². The Kier molecular flexibility index (Phi) is 35.8. The Labute approximate surface area is 657 Å². The molecule has 4 amide bonds. The summed E-state index contributed by atoms with van der Waals surface area (Å²) in [4.78, 5) is 77.5. The molecular formula is C77H111B3Cl3F5N3O14S2Si. The van der Waals surface area contributed by atoms with E-state index < -0.39 is 75.6 Å². The summed E-state index contributed by atoms with van der Waals surface area (Å²) in [5.74, 6) is -1.93. The van der Waals surface area contributed by atoms with Crippen LogP contribution in [-0.2, 0) is 44.1 Å². The van der Waals surface area contributed by atoms with Gasteiger partial charge in [-0.05, 0) is 239 Å². The quantitative estimate of drug-likeness (QED) is 0.0143. The highest BCUT2D eigenvalue weighted by molar-refractivity contribution is 7.88. The average Bonchev–Trinajstić information content (AvgIpc) is 0.770. The Hall–Kier alpha value is -4.67. The van der Waals surface area contributed by atoms with Crippen molar-refractivity contribution in [2.24, 2.45) is 46.3 Å². The zero-order valence-electron chi connectivity index (χ0n) is 64.7. The fraction of sp³-hybridized carbons (Fsp3) is 0.662. The van der Waals surface area contributed by atoms with Crippen LogP contribution in [0.1, 0.15) is 275 Å². The van der Waals surface area contributed by atoms with Gasteiger partial charge in [-0.1, -0.05) is 134 Å². The first-order chi connectivity index (χ1) is 49.6. The number of amides is 4. The average molecular weight is 1630 g/mol. The minimum Gasteiger partial charge on any atom is -0.464 e. The second kappa shape index (κ2) is 40.4. The van der Waals surface area contributed by atoms with Crippen LogP contribution < -0.4 is 0 Å². The van der Waals surface area contributed by atoms with Crippen LogP contribution in [0, 0.1) is 46.3 Å². The highest BCUT2D eigenvalue weighted by Gasteiger charge is 2.59. The molecule has 17 nitrogen and oxygen atoms in total. The van der Waals surface area contributed by atoms with Crippen LogP contribution in [0.5, 0.6) is 0 Å². The molecule has 599 valence electrons. The van der Waals surface area contributed by atoms with Crippen molar-refractivity contribution in [3.8, 4) is 0 Å². The van der Waals surface area contributed by atoms with E-state index in [0.717, 1.165) is 79.1 Å². The van der Waals surface area contributed by atoms with Gasteiger partial charge in [0.25, 0.3) is 23.6 Å². The molecule has 8 saturated carbocycles. The maximum atomic E-state index is 15.2. The normalized spacial score (nSPS) is 22.7. The lowest BCUT2D eigenvalue weighted by Crippen LogP contribution is -2.49. The standard InChI is InChI=1S/C32H37F2NO7S.C18H19NO3.C14H21FO2.C8H19N.C3H9ClSi.CH2Cl2.CH4.B3.F2O2S/c1-17(2)23-12-22-5-6-24(18(3)4)27-26(22)25(13-23)28(36)35(29(27)37)42-43(39,40)32(33,34)30(38)41-8-7-31-14-19-9-20(15-31)11-21(10-19)16-31;1-9(2)12-7-11-5-6-13(10(3)4)16-15(11)14(8-12)17(20)19(22)18(16)21;15-9-13(16)17-2-1-14-6-10-3-11(7-14)5-12(4-10)8-14;1-6-9(7(2)3)8(4)5;1-5(2,3)4;2-1-3;;1-3-2;1-5(2,3)4/h5-6,12-13,17-21H,7-11,14-16H2,1-4H3;5-10,22H,1-4H3;10-12H,1-9H2;7-8H,6H2,1-5H3;1-3H3;1H2;1H4;;. The van der Waals surface area contributed by atoms with Crippen LogP contribution >= 0.6 is 34.3 Å². The zero-order valence-corrected chi connectivity index (χ0v) is 69.6. The minimum atomic E-state index is -6.15. The highest BCUT2D eigenvalue weighted by atomic mass is 35.6. The molecule has 31 heteroatoms. The first kappa shape index (κ1) is 95.7. The van der Waals surface area contributed by atoms with Crippen LogP contribution in [0.4, 0.5) is 20.9 Å². The van der Waals surface area contributed by atoms with Crippen molar-refractivity contribution in [2.45, 2.75) is 248 Å². The van der Waals surface area contributed by atoms with Gasteiger partial charge in [0.2, 0.25) is 0 Å². The molecule has 8 bridgehead atoms. The van der Waals surface area contributed by atoms with Gasteiger partial charge in [0.05, 0.1) is 40.8 Å². The van der Waals surface area contributed by atoms with Gasteiger partial charge in [-0.15, -0.1) is 37.6 Å². The largest absolute Gasteiger partial charge is 0.476 e. The topological polar surface area (TPSA) is 228 Å². The lowest BCUT2D eigenvalue weighted by molar-refractivity contribution is -0.164. The van der Waals surface area contributed by atoms with E-state index in [0.29, 0.717) is 81.1 Å². The molecular weight excluding hydrogens is 1520 g/mol. The number of esters is 2. The summed E-state index contributed by atoms with van der Waals surface area (Å²) in [6.07, 6.45) is 16.1. The van der Waals surface area contributed by atoms with Crippen LogP contribution in [0.15, 0.2) is 48.5 Å². The molecule has 8 fully saturated rings. The molecule has 0 spiro atoms. The molecule has 0 unspecified atom stereocenters. The van der Waals surface area contributed by atoms with E-state index in [4.69, 9.17) is 52.2 Å². The van der Waals surface area contributed by atoms with E-state index in [1.54, 1.807) is 32.0 Å². The smallest absolute Gasteiger partial charge is 0.464 e. The first-order valence-corrected chi connectivity index (χ1v) is 45.2.